The van der Waals surface area contributed by atoms with Crippen molar-refractivity contribution in [2.75, 3.05) is 13.1 Å². The van der Waals surface area contributed by atoms with Crippen molar-refractivity contribution in [3.63, 3.8) is 0 Å². The van der Waals surface area contributed by atoms with Gasteiger partial charge in [0.15, 0.2) is 5.96 Å². The molecular weight excluding hydrogens is 768 g/mol. The predicted molar refractivity (Wildman–Crippen MR) is 219 cm³/mol. The molecule has 0 aliphatic carbocycles. The standard InChI is InChI=1S/C39H64N10O10/c1-7-23(6)32(38(59)48-28(18-24-12-9-8-10-13-24)36(57)47-27(17-22(4)5)34(55)44-20-31(52)53)49-35(56)26(14-11-15-43-39(41)42)45-37(58)29(19-30(50)51)46-33(54)25(40)16-21(2)3/h8-10,12-13,21-23,25-29,32H,7,11,14-20,40H2,1-6H3,(H,44,55)(H,45,58)(H,46,54)(H,47,57)(H,48,59)(H,49,56)(H,50,51)(H,52,53)(H4,41,42,43)/t23-,25-,26-,27-,28-,29-,32-/m0/s1. The van der Waals surface area contributed by atoms with Crippen LogP contribution in [-0.4, -0.2) is 113 Å². The number of carboxylic acid groups (broad SMARTS) is 2. The number of hydrogen-bond acceptors (Lipinski definition) is 10. The van der Waals surface area contributed by atoms with Gasteiger partial charge in [0.05, 0.1) is 12.5 Å². The van der Waals surface area contributed by atoms with E-state index in [1.165, 1.54) is 0 Å². The molecule has 0 aliphatic rings. The van der Waals surface area contributed by atoms with Gasteiger partial charge in [-0.15, -0.1) is 0 Å². The van der Waals surface area contributed by atoms with Gasteiger partial charge in [0.25, 0.3) is 0 Å². The summed E-state index contributed by atoms with van der Waals surface area (Å²) in [4.78, 5) is 108. The average molecular weight is 833 g/mol. The van der Waals surface area contributed by atoms with Crippen LogP contribution in [0, 0.1) is 17.8 Å². The van der Waals surface area contributed by atoms with Gasteiger partial charge in [0, 0.05) is 13.0 Å². The van der Waals surface area contributed by atoms with Crippen LogP contribution < -0.4 is 49.1 Å². The van der Waals surface area contributed by atoms with E-state index in [1.54, 1.807) is 44.2 Å². The Balaban J connectivity index is 3.48. The van der Waals surface area contributed by atoms with Crippen LogP contribution >= 0.6 is 0 Å². The second-order valence-corrected chi connectivity index (χ2v) is 15.3. The van der Waals surface area contributed by atoms with Crippen molar-refractivity contribution in [2.45, 2.75) is 123 Å². The first-order valence-corrected chi connectivity index (χ1v) is 19.7. The molecule has 0 aromatic heterocycles. The molecule has 1 rings (SSSR count). The molecule has 330 valence electrons. The number of nitrogens with two attached hydrogens (primary N) is 3. The fourth-order valence-electron chi connectivity index (χ4n) is 5.86. The summed E-state index contributed by atoms with van der Waals surface area (Å²) in [6, 6.07) is 1.02. The van der Waals surface area contributed by atoms with E-state index in [1.807, 2.05) is 27.7 Å². The van der Waals surface area contributed by atoms with E-state index in [0.717, 1.165) is 0 Å². The van der Waals surface area contributed by atoms with Crippen LogP contribution in [0.3, 0.4) is 0 Å². The van der Waals surface area contributed by atoms with Gasteiger partial charge in [-0.25, -0.2) is 0 Å². The van der Waals surface area contributed by atoms with Crippen LogP contribution in [0.4, 0.5) is 0 Å². The maximum Gasteiger partial charge on any atom is 0.322 e. The number of hydrogen-bond donors (Lipinski definition) is 11. The summed E-state index contributed by atoms with van der Waals surface area (Å²) >= 11 is 0. The summed E-state index contributed by atoms with van der Waals surface area (Å²) in [5.41, 5.74) is 17.5. The number of carboxylic acids is 2. The molecule has 7 atom stereocenters. The Labute approximate surface area is 345 Å². The number of aliphatic carboxylic acids is 2. The number of benzene rings is 1. The third-order valence-electron chi connectivity index (χ3n) is 9.11. The maximum atomic E-state index is 14.1. The number of carbonyl (C=O) groups excluding carboxylic acids is 6. The zero-order valence-electron chi connectivity index (χ0n) is 34.8. The third kappa shape index (κ3) is 20.5. The molecule has 20 heteroatoms. The number of nitrogens with zero attached hydrogens (tertiary/aromatic N) is 1. The quantitative estimate of drug-likeness (QED) is 0.0284. The van der Waals surface area contributed by atoms with E-state index in [2.05, 4.69) is 36.9 Å². The van der Waals surface area contributed by atoms with Gasteiger partial charge in [-0.1, -0.05) is 78.3 Å². The molecule has 59 heavy (non-hydrogen) atoms. The average Bonchev–Trinajstić information content (AvgIpc) is 3.15. The van der Waals surface area contributed by atoms with Crippen molar-refractivity contribution >= 4 is 53.3 Å². The normalized spacial score (nSPS) is 14.6. The minimum absolute atomic E-state index is 0.0221. The van der Waals surface area contributed by atoms with Crippen molar-refractivity contribution in [3.8, 4) is 0 Å². The number of guanidine groups is 1. The largest absolute Gasteiger partial charge is 0.481 e. The number of amides is 6. The fraction of sp³-hybridized carbons (Fsp3) is 0.615. The molecular formula is C39H64N10O10. The van der Waals surface area contributed by atoms with E-state index >= 15 is 0 Å². The van der Waals surface area contributed by atoms with E-state index in [4.69, 9.17) is 22.3 Å². The summed E-state index contributed by atoms with van der Waals surface area (Å²) < 4.78 is 0. The molecule has 1 aromatic rings. The topological polar surface area (TPSA) is 340 Å². The lowest BCUT2D eigenvalue weighted by Crippen LogP contribution is -2.61. The molecule has 0 unspecified atom stereocenters. The highest BCUT2D eigenvalue weighted by Gasteiger charge is 2.35. The minimum atomic E-state index is -1.61. The fourth-order valence-corrected chi connectivity index (χ4v) is 5.86. The molecule has 20 nitrogen and oxygen atoms in total. The first-order valence-electron chi connectivity index (χ1n) is 19.7. The van der Waals surface area contributed by atoms with Crippen LogP contribution in [-0.2, 0) is 44.8 Å². The molecule has 0 saturated heterocycles. The zero-order valence-corrected chi connectivity index (χ0v) is 34.8. The Morgan fingerprint density at radius 2 is 1.20 bits per heavy atom. The highest BCUT2D eigenvalue weighted by molar-refractivity contribution is 5.97. The summed E-state index contributed by atoms with van der Waals surface area (Å²) in [7, 11) is 0. The smallest absolute Gasteiger partial charge is 0.322 e. The lowest BCUT2D eigenvalue weighted by Gasteiger charge is -2.29. The van der Waals surface area contributed by atoms with Gasteiger partial charge in [0.2, 0.25) is 35.4 Å². The number of carbonyl (C=O) groups is 8. The first-order chi connectivity index (χ1) is 27.6. The Morgan fingerprint density at radius 3 is 1.75 bits per heavy atom. The van der Waals surface area contributed by atoms with Crippen LogP contribution in [0.1, 0.15) is 85.6 Å². The predicted octanol–water partition coefficient (Wildman–Crippen LogP) is -1.15. The minimum Gasteiger partial charge on any atom is -0.481 e. The monoisotopic (exact) mass is 832 g/mol. The highest BCUT2D eigenvalue weighted by Crippen LogP contribution is 2.13. The second-order valence-electron chi connectivity index (χ2n) is 15.3. The van der Waals surface area contributed by atoms with Gasteiger partial charge >= 0.3 is 11.9 Å². The van der Waals surface area contributed by atoms with Crippen LogP contribution in [0.15, 0.2) is 35.3 Å². The van der Waals surface area contributed by atoms with Crippen molar-refractivity contribution in [3.05, 3.63) is 35.9 Å². The Kier molecular flexibility index (Phi) is 22.8. The van der Waals surface area contributed by atoms with E-state index in [-0.39, 0.29) is 56.4 Å². The van der Waals surface area contributed by atoms with Gasteiger partial charge < -0.3 is 59.3 Å². The van der Waals surface area contributed by atoms with Crippen LogP contribution in [0.2, 0.25) is 0 Å². The summed E-state index contributed by atoms with van der Waals surface area (Å²) in [6.07, 6.45) is 0.0249. The summed E-state index contributed by atoms with van der Waals surface area (Å²) in [6.45, 7) is 10.1. The molecule has 14 N–H and O–H groups in total. The Bertz CT molecular complexity index is 1600. The summed E-state index contributed by atoms with van der Waals surface area (Å²) in [5.74, 6) is -8.30. The maximum absolute atomic E-state index is 14.1. The van der Waals surface area contributed by atoms with Gasteiger partial charge in [-0.2, -0.15) is 0 Å². The molecule has 6 amide bonds. The zero-order chi connectivity index (χ0) is 44.8. The Hall–Kier alpha value is -5.79. The lowest BCUT2D eigenvalue weighted by molar-refractivity contribution is -0.141. The van der Waals surface area contributed by atoms with Crippen LogP contribution in [0.25, 0.3) is 0 Å². The number of nitrogens with one attached hydrogen (secondary N) is 6. The van der Waals surface area contributed by atoms with Gasteiger partial charge in [-0.05, 0) is 49.0 Å². The molecule has 0 heterocycles. The molecule has 0 bridgehead atoms. The Morgan fingerprint density at radius 1 is 0.661 bits per heavy atom. The number of rotatable bonds is 27. The molecule has 0 aliphatic heterocycles. The summed E-state index contributed by atoms with van der Waals surface area (Å²) in [5, 5.41) is 33.8. The van der Waals surface area contributed by atoms with Crippen molar-refractivity contribution < 1.29 is 48.6 Å². The van der Waals surface area contributed by atoms with Gasteiger partial charge in [0.1, 0.15) is 36.8 Å². The van der Waals surface area contributed by atoms with Crippen molar-refractivity contribution in [1.29, 1.82) is 0 Å². The highest BCUT2D eigenvalue weighted by atomic mass is 16.4. The van der Waals surface area contributed by atoms with E-state index < -0.39 is 103 Å². The van der Waals surface area contributed by atoms with Crippen molar-refractivity contribution in [1.82, 2.24) is 31.9 Å². The SMILES string of the molecule is CC[C@H](C)[C@H](NC(=O)[C@H](CCCN=C(N)N)NC(=O)[C@H](CC(=O)O)NC(=O)[C@@H](N)CC(C)C)C(=O)N[C@@H](Cc1ccccc1)C(=O)N[C@@H](CC(C)C)C(=O)NCC(=O)O. The van der Waals surface area contributed by atoms with Gasteiger partial charge in [-0.3, -0.25) is 43.3 Å². The second kappa shape index (κ2) is 26.3. The lowest BCUT2D eigenvalue weighted by atomic mass is 9.96. The number of aliphatic imine (C=N–C) groups is 1. The molecule has 0 fully saturated rings. The first kappa shape index (κ1) is 51.2. The molecule has 0 radical (unpaired) electrons. The van der Waals surface area contributed by atoms with E-state index in [9.17, 15) is 43.5 Å². The van der Waals surface area contributed by atoms with Crippen LogP contribution in [0.5, 0.6) is 0 Å². The molecule has 0 saturated carbocycles. The van der Waals surface area contributed by atoms with E-state index in [0.29, 0.717) is 12.0 Å². The third-order valence-corrected chi connectivity index (χ3v) is 9.11. The molecule has 1 aromatic carbocycles. The molecule has 0 spiro atoms. The van der Waals surface area contributed by atoms with Crippen molar-refractivity contribution in [2.24, 2.45) is 39.9 Å².